The molecule has 7 nitrogen and oxygen atoms in total. The second-order valence-electron chi connectivity index (χ2n) is 6.00. The lowest BCUT2D eigenvalue weighted by molar-refractivity contribution is -0.384. The number of nitro groups is 1. The molecule has 4 rings (SSSR count). The van der Waals surface area contributed by atoms with Gasteiger partial charge in [0.1, 0.15) is 5.01 Å². The number of carbonyl (C=O) groups excluding carboxylic acids is 2. The number of amides is 1. The molecule has 0 bridgehead atoms. The van der Waals surface area contributed by atoms with Gasteiger partial charge in [-0.2, -0.15) is 0 Å². The molecule has 9 heteroatoms. The maximum absolute atomic E-state index is 12.6. The van der Waals surface area contributed by atoms with E-state index < -0.39 is 4.92 Å². The summed E-state index contributed by atoms with van der Waals surface area (Å²) in [6.45, 7) is -0.111. The Kier molecular flexibility index (Phi) is 4.93. The molecule has 0 spiro atoms. The number of rotatable bonds is 5. The number of para-hydroxylation sites is 1. The van der Waals surface area contributed by atoms with Crippen molar-refractivity contribution in [3.8, 4) is 0 Å². The Bertz CT molecular complexity index is 1090. The van der Waals surface area contributed by atoms with Crippen molar-refractivity contribution in [2.75, 3.05) is 12.3 Å². The summed E-state index contributed by atoms with van der Waals surface area (Å²) in [5, 5.41) is 12.2. The van der Waals surface area contributed by atoms with Crippen molar-refractivity contribution in [2.45, 2.75) is 0 Å². The summed E-state index contributed by atoms with van der Waals surface area (Å²) in [5.74, 6) is -0.154. The van der Waals surface area contributed by atoms with Gasteiger partial charge < -0.3 is 0 Å². The first-order chi connectivity index (χ1) is 13.5. The van der Waals surface area contributed by atoms with Crippen LogP contribution in [0.2, 0.25) is 0 Å². The van der Waals surface area contributed by atoms with Crippen molar-refractivity contribution in [3.63, 3.8) is 0 Å². The molecule has 140 valence electrons. The summed E-state index contributed by atoms with van der Waals surface area (Å²) in [6, 6.07) is 13.2. The fourth-order valence-electron chi connectivity index (χ4n) is 2.76. The van der Waals surface area contributed by atoms with Gasteiger partial charge in [-0.05, 0) is 24.3 Å². The molecule has 1 aliphatic heterocycles. The molecule has 0 atom stereocenters. The maximum atomic E-state index is 12.6. The summed E-state index contributed by atoms with van der Waals surface area (Å²) in [6.07, 6.45) is 1.82. The molecule has 2 heterocycles. The van der Waals surface area contributed by atoms with E-state index in [1.807, 2.05) is 30.3 Å². The highest BCUT2D eigenvalue weighted by atomic mass is 32.2. The van der Waals surface area contributed by atoms with Gasteiger partial charge in [0.05, 0.1) is 32.5 Å². The van der Waals surface area contributed by atoms with Crippen LogP contribution in [0.1, 0.15) is 15.4 Å². The smallest absolute Gasteiger partial charge is 0.269 e. The Labute approximate surface area is 167 Å². The van der Waals surface area contributed by atoms with Crippen molar-refractivity contribution in [1.82, 2.24) is 9.88 Å². The van der Waals surface area contributed by atoms with Crippen molar-refractivity contribution >= 4 is 56.8 Å². The summed E-state index contributed by atoms with van der Waals surface area (Å²) in [5.41, 5.74) is 1.14. The SMILES string of the molecule is O=C(CN1C(=O)CS/C1=C\c1nc2ccccc2s1)c1ccc([N+](=O)[O-])cc1. The monoisotopic (exact) mass is 411 g/mol. The van der Waals surface area contributed by atoms with Gasteiger partial charge in [0, 0.05) is 23.8 Å². The molecule has 0 radical (unpaired) electrons. The van der Waals surface area contributed by atoms with Gasteiger partial charge in [-0.3, -0.25) is 24.6 Å². The third-order valence-electron chi connectivity index (χ3n) is 4.17. The molecular weight excluding hydrogens is 398 g/mol. The molecule has 1 aliphatic rings. The summed E-state index contributed by atoms with van der Waals surface area (Å²) >= 11 is 2.89. The number of fused-ring (bicyclic) bond motifs is 1. The van der Waals surface area contributed by atoms with Crippen molar-refractivity contribution < 1.29 is 14.5 Å². The molecule has 2 aromatic carbocycles. The molecule has 0 aliphatic carbocycles. The van der Waals surface area contributed by atoms with E-state index in [0.717, 1.165) is 15.2 Å². The first-order valence-electron chi connectivity index (χ1n) is 8.29. The third-order valence-corrected chi connectivity index (χ3v) is 6.18. The van der Waals surface area contributed by atoms with E-state index in [2.05, 4.69) is 4.98 Å². The van der Waals surface area contributed by atoms with Crippen LogP contribution in [0.25, 0.3) is 16.3 Å². The number of non-ortho nitro benzene ring substituents is 1. The number of hydrogen-bond acceptors (Lipinski definition) is 7. The normalized spacial score (nSPS) is 15.5. The van der Waals surface area contributed by atoms with Crippen molar-refractivity contribution in [2.24, 2.45) is 0 Å². The molecule has 1 aromatic heterocycles. The van der Waals surface area contributed by atoms with Gasteiger partial charge in [0.15, 0.2) is 5.78 Å². The largest absolute Gasteiger partial charge is 0.298 e. The van der Waals surface area contributed by atoms with E-state index in [4.69, 9.17) is 0 Å². The first-order valence-corrected chi connectivity index (χ1v) is 10.1. The second kappa shape index (κ2) is 7.53. The van der Waals surface area contributed by atoms with Gasteiger partial charge in [-0.25, -0.2) is 4.98 Å². The van der Waals surface area contributed by atoms with Crippen molar-refractivity contribution in [1.29, 1.82) is 0 Å². The molecule has 3 aromatic rings. The number of thioether (sulfide) groups is 1. The van der Waals surface area contributed by atoms with Crippen LogP contribution in [0.15, 0.2) is 53.6 Å². The van der Waals surface area contributed by atoms with Crippen LogP contribution in [0.5, 0.6) is 0 Å². The highest BCUT2D eigenvalue weighted by molar-refractivity contribution is 8.04. The number of Topliss-reactive ketones (excluding diaryl/α,β-unsaturated/α-hetero) is 1. The van der Waals surface area contributed by atoms with Crippen LogP contribution < -0.4 is 0 Å². The number of hydrogen-bond donors (Lipinski definition) is 0. The molecule has 0 saturated carbocycles. The van der Waals surface area contributed by atoms with Gasteiger partial charge in [0.25, 0.3) is 5.69 Å². The lowest BCUT2D eigenvalue weighted by atomic mass is 10.1. The highest BCUT2D eigenvalue weighted by Gasteiger charge is 2.29. The van der Waals surface area contributed by atoms with Gasteiger partial charge in [-0.1, -0.05) is 23.9 Å². The minimum absolute atomic E-state index is 0.0826. The molecule has 0 N–H and O–H groups in total. The Hall–Kier alpha value is -3.04. The summed E-state index contributed by atoms with van der Waals surface area (Å²) in [7, 11) is 0. The zero-order valence-corrected chi connectivity index (χ0v) is 16.0. The van der Waals surface area contributed by atoms with Crippen LogP contribution in [0, 0.1) is 10.1 Å². The standard InChI is InChI=1S/C19H13N3O4S2/c23-15(12-5-7-13(8-6-12)22(25)26)10-21-18(24)11-27-19(21)9-17-20-14-3-1-2-4-16(14)28-17/h1-9H,10-11H2/b19-9-. The minimum Gasteiger partial charge on any atom is -0.298 e. The molecule has 28 heavy (non-hydrogen) atoms. The molecule has 1 saturated heterocycles. The maximum Gasteiger partial charge on any atom is 0.269 e. The fourth-order valence-corrected chi connectivity index (χ4v) is 4.69. The lowest BCUT2D eigenvalue weighted by Gasteiger charge is -2.15. The van der Waals surface area contributed by atoms with E-state index in [1.54, 1.807) is 0 Å². The van der Waals surface area contributed by atoms with E-state index >= 15 is 0 Å². The number of nitrogens with zero attached hydrogens (tertiary/aromatic N) is 3. The van der Waals surface area contributed by atoms with Gasteiger partial charge >= 0.3 is 0 Å². The quantitative estimate of drug-likeness (QED) is 0.358. The Morgan fingerprint density at radius 1 is 1.21 bits per heavy atom. The average molecular weight is 411 g/mol. The number of nitro benzene ring substituents is 1. The van der Waals surface area contributed by atoms with Gasteiger partial charge in [0.2, 0.25) is 5.91 Å². The number of carbonyl (C=O) groups is 2. The Balaban J connectivity index is 1.55. The van der Waals surface area contributed by atoms with Crippen LogP contribution in [0.3, 0.4) is 0 Å². The number of ketones is 1. The molecular formula is C19H13N3O4S2. The lowest BCUT2D eigenvalue weighted by Crippen LogP contribution is -2.30. The predicted molar refractivity (Wildman–Crippen MR) is 109 cm³/mol. The topological polar surface area (TPSA) is 93.4 Å². The van der Waals surface area contributed by atoms with Crippen LogP contribution in [0.4, 0.5) is 5.69 Å². The van der Waals surface area contributed by atoms with E-state index in [0.29, 0.717) is 10.6 Å². The summed E-state index contributed by atoms with van der Waals surface area (Å²) in [4.78, 5) is 41.0. The van der Waals surface area contributed by atoms with Crippen molar-refractivity contribution in [3.05, 3.63) is 74.2 Å². The van der Waals surface area contributed by atoms with Gasteiger partial charge in [-0.15, -0.1) is 11.3 Å². The molecule has 0 unspecified atom stereocenters. The third kappa shape index (κ3) is 3.67. The Morgan fingerprint density at radius 3 is 2.68 bits per heavy atom. The highest BCUT2D eigenvalue weighted by Crippen LogP contribution is 2.33. The van der Waals surface area contributed by atoms with E-state index in [1.165, 1.54) is 52.3 Å². The number of benzene rings is 2. The van der Waals surface area contributed by atoms with Crippen LogP contribution in [-0.4, -0.2) is 38.8 Å². The Morgan fingerprint density at radius 2 is 1.96 bits per heavy atom. The zero-order chi connectivity index (χ0) is 19.7. The van der Waals surface area contributed by atoms with E-state index in [-0.39, 0.29) is 29.7 Å². The molecule has 1 fully saturated rings. The molecule has 1 amide bonds. The first kappa shape index (κ1) is 18.3. The van der Waals surface area contributed by atoms with E-state index in [9.17, 15) is 19.7 Å². The number of aromatic nitrogens is 1. The van der Waals surface area contributed by atoms with Crippen LogP contribution in [-0.2, 0) is 4.79 Å². The fraction of sp³-hybridized carbons (Fsp3) is 0.105. The zero-order valence-electron chi connectivity index (χ0n) is 14.4. The summed E-state index contributed by atoms with van der Waals surface area (Å²) < 4.78 is 1.05. The number of thiazole rings is 1. The average Bonchev–Trinajstić information content (AvgIpc) is 3.26. The second-order valence-corrected chi connectivity index (χ2v) is 8.06. The minimum atomic E-state index is -0.520. The van der Waals surface area contributed by atoms with Crippen LogP contribution >= 0.6 is 23.1 Å². The predicted octanol–water partition coefficient (Wildman–Crippen LogP) is 3.96.